The van der Waals surface area contributed by atoms with Crippen LogP contribution in [0.15, 0.2) is 4.99 Å². The van der Waals surface area contributed by atoms with E-state index in [-0.39, 0.29) is 24.0 Å². The Balaban J connectivity index is 0.00000261. The predicted octanol–water partition coefficient (Wildman–Crippen LogP) is 2.92. The molecule has 27 heavy (non-hydrogen) atoms. The highest BCUT2D eigenvalue weighted by molar-refractivity contribution is 14.0. The molecule has 0 aromatic carbocycles. The van der Waals surface area contributed by atoms with Gasteiger partial charge in [-0.15, -0.1) is 34.2 Å². The summed E-state index contributed by atoms with van der Waals surface area (Å²) in [6, 6.07) is 0.505. The van der Waals surface area contributed by atoms with Gasteiger partial charge >= 0.3 is 0 Å². The molecule has 0 spiro atoms. The number of aliphatic imine (C=N–C) groups is 1. The van der Waals surface area contributed by atoms with Gasteiger partial charge < -0.3 is 19.9 Å². The summed E-state index contributed by atoms with van der Waals surface area (Å²) in [7, 11) is 1.99. The Kier molecular flexibility index (Phi) is 9.28. The van der Waals surface area contributed by atoms with Crippen molar-refractivity contribution in [1.29, 1.82) is 0 Å². The second-order valence-corrected chi connectivity index (χ2v) is 7.69. The number of hydrogen-bond acceptors (Lipinski definition) is 4. The Labute approximate surface area is 180 Å². The largest absolute Gasteiger partial charge is 0.376 e. The van der Waals surface area contributed by atoms with Gasteiger partial charge in [-0.05, 0) is 38.5 Å². The molecular weight excluding hydrogens is 455 g/mol. The molecule has 1 saturated heterocycles. The Hall–Kier alpha value is -0.900. The maximum Gasteiger partial charge on any atom is 0.192 e. The lowest BCUT2D eigenvalue weighted by atomic mass is 9.84. The Morgan fingerprint density at radius 1 is 1.26 bits per heavy atom. The average Bonchev–Trinajstić information content (AvgIpc) is 3.29. The van der Waals surface area contributed by atoms with Gasteiger partial charge in [0.1, 0.15) is 12.4 Å². The van der Waals surface area contributed by atoms with Crippen LogP contribution in [0.2, 0.25) is 0 Å². The van der Waals surface area contributed by atoms with Crippen molar-refractivity contribution in [3.8, 4) is 0 Å². The zero-order valence-corrected chi connectivity index (χ0v) is 19.2. The highest BCUT2D eigenvalue weighted by atomic mass is 127. The molecule has 1 aromatic heterocycles. The standard InChI is InChI=1S/C19H34N6O.HI/c1-4-15-7-5-8-16(11-15)22-19(20-12-17-9-6-10-26-17)21-13-18-24-23-14(2)25(18)3;/h15-17H,4-13H2,1-3H3,(H2,20,21,22);1H. The molecule has 1 aliphatic heterocycles. The van der Waals surface area contributed by atoms with E-state index in [1.54, 1.807) is 0 Å². The zero-order valence-electron chi connectivity index (χ0n) is 16.9. The third kappa shape index (κ3) is 6.58. The molecule has 154 valence electrons. The van der Waals surface area contributed by atoms with Gasteiger partial charge in [-0.2, -0.15) is 0 Å². The van der Waals surface area contributed by atoms with Crippen LogP contribution in [-0.4, -0.2) is 46.0 Å². The fraction of sp³-hybridized carbons (Fsp3) is 0.842. The van der Waals surface area contributed by atoms with Gasteiger partial charge in [-0.25, -0.2) is 4.99 Å². The third-order valence-electron chi connectivity index (χ3n) is 5.78. The third-order valence-corrected chi connectivity index (χ3v) is 5.78. The molecule has 3 unspecified atom stereocenters. The highest BCUT2D eigenvalue weighted by Crippen LogP contribution is 2.26. The molecule has 2 heterocycles. The minimum atomic E-state index is 0. The summed E-state index contributed by atoms with van der Waals surface area (Å²) in [6.45, 7) is 6.48. The number of aromatic nitrogens is 3. The summed E-state index contributed by atoms with van der Waals surface area (Å²) in [5.74, 6) is 3.51. The van der Waals surface area contributed by atoms with Crippen LogP contribution in [0.4, 0.5) is 0 Å². The first-order chi connectivity index (χ1) is 12.7. The van der Waals surface area contributed by atoms with Gasteiger partial charge in [0, 0.05) is 26.2 Å². The monoisotopic (exact) mass is 490 g/mol. The average molecular weight is 490 g/mol. The van der Waals surface area contributed by atoms with Crippen molar-refractivity contribution in [1.82, 2.24) is 25.4 Å². The molecule has 0 radical (unpaired) electrons. The lowest BCUT2D eigenvalue weighted by Gasteiger charge is -2.30. The fourth-order valence-electron chi connectivity index (χ4n) is 3.89. The van der Waals surface area contributed by atoms with Crippen molar-refractivity contribution in [3.05, 3.63) is 11.6 Å². The van der Waals surface area contributed by atoms with Crippen molar-refractivity contribution in [2.45, 2.75) is 77.5 Å². The molecule has 1 aromatic rings. The van der Waals surface area contributed by atoms with Crippen LogP contribution in [0, 0.1) is 12.8 Å². The van der Waals surface area contributed by atoms with E-state index in [1.807, 2.05) is 18.5 Å². The normalized spacial score (nSPS) is 25.9. The summed E-state index contributed by atoms with van der Waals surface area (Å²) in [5.41, 5.74) is 0. The Bertz CT molecular complexity index is 599. The highest BCUT2D eigenvalue weighted by Gasteiger charge is 2.22. The molecule has 1 aliphatic carbocycles. The number of rotatable bonds is 6. The second kappa shape index (κ2) is 11.2. The maximum absolute atomic E-state index is 5.74. The first-order valence-corrected chi connectivity index (χ1v) is 10.2. The van der Waals surface area contributed by atoms with Crippen LogP contribution >= 0.6 is 24.0 Å². The van der Waals surface area contributed by atoms with Crippen LogP contribution in [-0.2, 0) is 18.3 Å². The molecule has 2 fully saturated rings. The quantitative estimate of drug-likeness (QED) is 0.365. The van der Waals surface area contributed by atoms with E-state index in [2.05, 4.69) is 27.8 Å². The van der Waals surface area contributed by atoms with Gasteiger partial charge in [-0.3, -0.25) is 0 Å². The Morgan fingerprint density at radius 3 is 2.78 bits per heavy atom. The van der Waals surface area contributed by atoms with Crippen molar-refractivity contribution < 1.29 is 4.74 Å². The van der Waals surface area contributed by atoms with Gasteiger partial charge in [0.25, 0.3) is 0 Å². The first-order valence-electron chi connectivity index (χ1n) is 10.2. The lowest BCUT2D eigenvalue weighted by molar-refractivity contribution is 0.113. The number of nitrogens with zero attached hydrogens (tertiary/aromatic N) is 4. The molecule has 3 rings (SSSR count). The number of hydrogen-bond donors (Lipinski definition) is 2. The van der Waals surface area contributed by atoms with Crippen LogP contribution in [0.25, 0.3) is 0 Å². The Morgan fingerprint density at radius 2 is 2.11 bits per heavy atom. The molecule has 8 heteroatoms. The number of guanidine groups is 1. The van der Waals surface area contributed by atoms with Crippen molar-refractivity contribution in [2.24, 2.45) is 18.0 Å². The molecule has 0 amide bonds. The fourth-order valence-corrected chi connectivity index (χ4v) is 3.89. The van der Waals surface area contributed by atoms with Crippen molar-refractivity contribution in [2.75, 3.05) is 13.2 Å². The topological polar surface area (TPSA) is 76.4 Å². The van der Waals surface area contributed by atoms with Crippen LogP contribution < -0.4 is 10.6 Å². The van der Waals surface area contributed by atoms with Crippen LogP contribution in [0.3, 0.4) is 0 Å². The van der Waals surface area contributed by atoms with Crippen molar-refractivity contribution >= 4 is 29.9 Å². The van der Waals surface area contributed by atoms with Crippen LogP contribution in [0.5, 0.6) is 0 Å². The van der Waals surface area contributed by atoms with E-state index < -0.39 is 0 Å². The number of aryl methyl sites for hydroxylation is 1. The van der Waals surface area contributed by atoms with Crippen molar-refractivity contribution in [3.63, 3.8) is 0 Å². The van der Waals surface area contributed by atoms with E-state index in [1.165, 1.54) is 32.1 Å². The predicted molar refractivity (Wildman–Crippen MR) is 118 cm³/mol. The van der Waals surface area contributed by atoms with Crippen LogP contribution in [0.1, 0.15) is 63.5 Å². The van der Waals surface area contributed by atoms with Gasteiger partial charge in [0.2, 0.25) is 0 Å². The second-order valence-electron chi connectivity index (χ2n) is 7.69. The van der Waals surface area contributed by atoms with Gasteiger partial charge in [-0.1, -0.05) is 26.2 Å². The smallest absolute Gasteiger partial charge is 0.192 e. The molecular formula is C19H35IN6O. The number of nitrogens with one attached hydrogen (secondary N) is 2. The molecule has 2 N–H and O–H groups in total. The SMILES string of the molecule is CCC1CCCC(NC(=NCc2nnc(C)n2C)NCC2CCCO2)C1.I. The summed E-state index contributed by atoms with van der Waals surface area (Å²) < 4.78 is 7.74. The van der Waals surface area contributed by atoms with E-state index in [0.29, 0.717) is 18.7 Å². The maximum atomic E-state index is 5.74. The molecule has 7 nitrogen and oxygen atoms in total. The summed E-state index contributed by atoms with van der Waals surface area (Å²) in [5, 5.41) is 15.5. The first kappa shape index (κ1) is 22.4. The zero-order chi connectivity index (χ0) is 18.4. The summed E-state index contributed by atoms with van der Waals surface area (Å²) >= 11 is 0. The van der Waals surface area contributed by atoms with E-state index >= 15 is 0 Å². The van der Waals surface area contributed by atoms with E-state index in [4.69, 9.17) is 9.73 Å². The number of halogens is 1. The minimum Gasteiger partial charge on any atom is -0.376 e. The molecule has 3 atom stereocenters. The summed E-state index contributed by atoms with van der Waals surface area (Å²) in [6.07, 6.45) is 8.98. The lowest BCUT2D eigenvalue weighted by Crippen LogP contribution is -2.47. The number of ether oxygens (including phenoxy) is 1. The molecule has 2 aliphatic rings. The molecule has 1 saturated carbocycles. The molecule has 0 bridgehead atoms. The van der Waals surface area contributed by atoms with Gasteiger partial charge in [0.05, 0.1) is 6.10 Å². The minimum absolute atomic E-state index is 0. The van der Waals surface area contributed by atoms with E-state index in [0.717, 1.165) is 49.5 Å². The van der Waals surface area contributed by atoms with E-state index in [9.17, 15) is 0 Å². The summed E-state index contributed by atoms with van der Waals surface area (Å²) in [4.78, 5) is 4.79. The van der Waals surface area contributed by atoms with Gasteiger partial charge in [0.15, 0.2) is 11.8 Å².